The molecule has 1 heterocycles. The highest BCUT2D eigenvalue weighted by Gasteiger charge is 2.17. The third-order valence-electron chi connectivity index (χ3n) is 4.08. The number of rotatable bonds is 6. The molecular weight excluding hydrogens is 429 g/mol. The zero-order valence-corrected chi connectivity index (χ0v) is 17.5. The van der Waals surface area contributed by atoms with Gasteiger partial charge in [-0.3, -0.25) is 4.99 Å². The summed E-state index contributed by atoms with van der Waals surface area (Å²) < 4.78 is 0. The number of benzene rings is 1. The standard InChI is InChI=1S/C18H29N5O.HI/c1-3-4-10-20-17(19-2)21-14-15-8-7-9-16(13-15)22-18(24)23-11-5-6-12-23;/h7-9,13H,3-6,10-12,14H2,1-2H3,(H,22,24)(H2,19,20,21);1H. The Balaban J connectivity index is 0.00000312. The van der Waals surface area contributed by atoms with Gasteiger partial charge in [0, 0.05) is 38.9 Å². The molecule has 0 aromatic heterocycles. The third kappa shape index (κ3) is 7.50. The number of hydrogen-bond donors (Lipinski definition) is 3. The number of halogens is 1. The number of carbonyl (C=O) groups is 1. The van der Waals surface area contributed by atoms with E-state index in [0.29, 0.717) is 6.54 Å². The van der Waals surface area contributed by atoms with Gasteiger partial charge in [0.25, 0.3) is 0 Å². The lowest BCUT2D eigenvalue weighted by molar-refractivity contribution is 0.222. The third-order valence-corrected chi connectivity index (χ3v) is 4.08. The van der Waals surface area contributed by atoms with Crippen LogP contribution in [-0.4, -0.2) is 43.6 Å². The molecule has 1 aliphatic rings. The summed E-state index contributed by atoms with van der Waals surface area (Å²) >= 11 is 0. The van der Waals surface area contributed by atoms with E-state index in [0.717, 1.165) is 62.5 Å². The van der Waals surface area contributed by atoms with Crippen LogP contribution in [0.25, 0.3) is 0 Å². The van der Waals surface area contributed by atoms with Crippen molar-refractivity contribution >= 4 is 41.7 Å². The molecule has 0 spiro atoms. The zero-order chi connectivity index (χ0) is 17.2. The molecule has 1 aliphatic heterocycles. The topological polar surface area (TPSA) is 68.8 Å². The molecule has 6 nitrogen and oxygen atoms in total. The van der Waals surface area contributed by atoms with E-state index in [1.807, 2.05) is 29.2 Å². The maximum Gasteiger partial charge on any atom is 0.321 e. The van der Waals surface area contributed by atoms with E-state index < -0.39 is 0 Å². The van der Waals surface area contributed by atoms with Crippen molar-refractivity contribution in [2.45, 2.75) is 39.2 Å². The van der Waals surface area contributed by atoms with Crippen LogP contribution in [0.1, 0.15) is 38.2 Å². The molecular formula is C18H30IN5O. The summed E-state index contributed by atoms with van der Waals surface area (Å²) in [5.74, 6) is 0.801. The van der Waals surface area contributed by atoms with Gasteiger partial charge in [-0.05, 0) is 37.0 Å². The number of guanidine groups is 1. The van der Waals surface area contributed by atoms with E-state index in [1.54, 1.807) is 7.05 Å². The zero-order valence-electron chi connectivity index (χ0n) is 15.2. The predicted octanol–water partition coefficient (Wildman–Crippen LogP) is 3.40. The van der Waals surface area contributed by atoms with Gasteiger partial charge in [-0.2, -0.15) is 0 Å². The summed E-state index contributed by atoms with van der Waals surface area (Å²) in [4.78, 5) is 18.2. The number of urea groups is 1. The Labute approximate surface area is 167 Å². The van der Waals surface area contributed by atoms with E-state index in [9.17, 15) is 4.79 Å². The van der Waals surface area contributed by atoms with E-state index in [2.05, 4.69) is 27.9 Å². The van der Waals surface area contributed by atoms with E-state index in [4.69, 9.17) is 0 Å². The molecule has 2 amide bonds. The Hall–Kier alpha value is -1.51. The second kappa shape index (κ2) is 11.9. The highest BCUT2D eigenvalue weighted by Crippen LogP contribution is 2.14. The van der Waals surface area contributed by atoms with Gasteiger partial charge in [0.2, 0.25) is 0 Å². The van der Waals surface area contributed by atoms with Gasteiger partial charge in [-0.1, -0.05) is 25.5 Å². The Morgan fingerprint density at radius 2 is 2.00 bits per heavy atom. The quantitative estimate of drug-likeness (QED) is 0.265. The van der Waals surface area contributed by atoms with E-state index >= 15 is 0 Å². The van der Waals surface area contributed by atoms with Crippen molar-refractivity contribution in [1.29, 1.82) is 0 Å². The molecule has 140 valence electrons. The molecule has 0 atom stereocenters. The lowest BCUT2D eigenvalue weighted by Gasteiger charge is -2.17. The molecule has 3 N–H and O–H groups in total. The second-order valence-corrected chi connectivity index (χ2v) is 6.03. The Morgan fingerprint density at radius 1 is 1.24 bits per heavy atom. The summed E-state index contributed by atoms with van der Waals surface area (Å²) in [7, 11) is 1.77. The van der Waals surface area contributed by atoms with E-state index in [-0.39, 0.29) is 30.0 Å². The molecule has 25 heavy (non-hydrogen) atoms. The van der Waals surface area contributed by atoms with Crippen molar-refractivity contribution < 1.29 is 4.79 Å². The van der Waals surface area contributed by atoms with Gasteiger partial charge in [0.1, 0.15) is 0 Å². The molecule has 1 aromatic carbocycles. The van der Waals surface area contributed by atoms with E-state index in [1.165, 1.54) is 0 Å². The average molecular weight is 459 g/mol. The van der Waals surface area contributed by atoms with Crippen LogP contribution in [0.4, 0.5) is 10.5 Å². The fraction of sp³-hybridized carbons (Fsp3) is 0.556. The molecule has 1 fully saturated rings. The normalized spacial score (nSPS) is 14.0. The van der Waals surface area contributed by atoms with Crippen LogP contribution in [0.5, 0.6) is 0 Å². The molecule has 1 saturated heterocycles. The molecule has 0 aliphatic carbocycles. The van der Waals surface area contributed by atoms with Crippen molar-refractivity contribution in [3.63, 3.8) is 0 Å². The number of hydrogen-bond acceptors (Lipinski definition) is 2. The number of anilines is 1. The lowest BCUT2D eigenvalue weighted by Crippen LogP contribution is -2.37. The fourth-order valence-electron chi connectivity index (χ4n) is 2.67. The van der Waals surface area contributed by atoms with Crippen molar-refractivity contribution in [3.8, 4) is 0 Å². The van der Waals surface area contributed by atoms with Gasteiger partial charge in [-0.15, -0.1) is 24.0 Å². The first-order valence-corrected chi connectivity index (χ1v) is 8.82. The first-order valence-electron chi connectivity index (χ1n) is 8.82. The number of aliphatic imine (C=N–C) groups is 1. The van der Waals surface area contributed by atoms with Crippen LogP contribution in [0.3, 0.4) is 0 Å². The maximum atomic E-state index is 12.2. The van der Waals surface area contributed by atoms with Crippen LogP contribution in [0, 0.1) is 0 Å². The number of likely N-dealkylation sites (tertiary alicyclic amines) is 1. The molecule has 1 aromatic rings. The maximum absolute atomic E-state index is 12.2. The largest absolute Gasteiger partial charge is 0.356 e. The Kier molecular flexibility index (Phi) is 10.3. The minimum atomic E-state index is -0.00495. The van der Waals surface area contributed by atoms with Gasteiger partial charge in [0.15, 0.2) is 5.96 Å². The summed E-state index contributed by atoms with van der Waals surface area (Å²) in [6.07, 6.45) is 4.48. The number of carbonyl (C=O) groups excluding carboxylic acids is 1. The summed E-state index contributed by atoms with van der Waals surface area (Å²) in [5.41, 5.74) is 1.94. The Morgan fingerprint density at radius 3 is 2.68 bits per heavy atom. The number of unbranched alkanes of at least 4 members (excludes halogenated alkanes) is 1. The van der Waals surface area contributed by atoms with Crippen molar-refractivity contribution in [1.82, 2.24) is 15.5 Å². The molecule has 0 bridgehead atoms. The lowest BCUT2D eigenvalue weighted by atomic mass is 10.2. The summed E-state index contributed by atoms with van der Waals surface area (Å²) in [5, 5.41) is 9.56. The second-order valence-electron chi connectivity index (χ2n) is 6.03. The molecule has 2 rings (SSSR count). The van der Waals surface area contributed by atoms with Crippen LogP contribution >= 0.6 is 24.0 Å². The average Bonchev–Trinajstić information content (AvgIpc) is 3.13. The SMILES string of the molecule is CCCCNC(=NC)NCc1cccc(NC(=O)N2CCCC2)c1.I. The van der Waals surface area contributed by atoms with Crippen LogP contribution in [0.2, 0.25) is 0 Å². The molecule has 0 saturated carbocycles. The summed E-state index contributed by atoms with van der Waals surface area (Å²) in [6, 6.07) is 7.92. The van der Waals surface area contributed by atoms with Gasteiger partial charge >= 0.3 is 6.03 Å². The molecule has 7 heteroatoms. The number of amides is 2. The number of nitrogens with one attached hydrogen (secondary N) is 3. The Bertz CT molecular complexity index is 558. The van der Waals surface area contributed by atoms with Crippen molar-refractivity contribution in [2.75, 3.05) is 32.0 Å². The van der Waals surface area contributed by atoms with Crippen molar-refractivity contribution in [2.24, 2.45) is 4.99 Å². The fourth-order valence-corrected chi connectivity index (χ4v) is 2.67. The molecule has 0 radical (unpaired) electrons. The first kappa shape index (κ1) is 21.5. The predicted molar refractivity (Wildman–Crippen MR) is 115 cm³/mol. The smallest absolute Gasteiger partial charge is 0.321 e. The summed E-state index contributed by atoms with van der Waals surface area (Å²) in [6.45, 7) is 5.46. The first-order chi connectivity index (χ1) is 11.7. The van der Waals surface area contributed by atoms with Crippen LogP contribution < -0.4 is 16.0 Å². The van der Waals surface area contributed by atoms with Crippen LogP contribution in [-0.2, 0) is 6.54 Å². The van der Waals surface area contributed by atoms with Gasteiger partial charge in [-0.25, -0.2) is 4.79 Å². The van der Waals surface area contributed by atoms with Gasteiger partial charge < -0.3 is 20.9 Å². The minimum absolute atomic E-state index is 0. The highest BCUT2D eigenvalue weighted by molar-refractivity contribution is 14.0. The van der Waals surface area contributed by atoms with Gasteiger partial charge in [0.05, 0.1) is 0 Å². The van der Waals surface area contributed by atoms with Crippen molar-refractivity contribution in [3.05, 3.63) is 29.8 Å². The minimum Gasteiger partial charge on any atom is -0.356 e. The van der Waals surface area contributed by atoms with Crippen LogP contribution in [0.15, 0.2) is 29.3 Å². The molecule has 0 unspecified atom stereocenters. The highest BCUT2D eigenvalue weighted by atomic mass is 127. The monoisotopic (exact) mass is 459 g/mol. The number of nitrogens with zero attached hydrogens (tertiary/aromatic N) is 2.